The molecule has 1 aliphatic rings. The highest BCUT2D eigenvalue weighted by atomic mass is 32.1. The van der Waals surface area contributed by atoms with Gasteiger partial charge in [0.1, 0.15) is 18.1 Å². The lowest BCUT2D eigenvalue weighted by atomic mass is 10.1. The van der Waals surface area contributed by atoms with Crippen LogP contribution in [-0.2, 0) is 11.2 Å². The van der Waals surface area contributed by atoms with Gasteiger partial charge in [0.05, 0.1) is 12.1 Å². The van der Waals surface area contributed by atoms with E-state index in [1.807, 2.05) is 6.07 Å². The number of amides is 2. The first-order valence-electron chi connectivity index (χ1n) is 6.69. The number of fused-ring (bicyclic) bond motifs is 1. The first kappa shape index (κ1) is 14.4. The molecule has 0 bridgehead atoms. The monoisotopic (exact) mass is 318 g/mol. The first-order valence-corrected chi connectivity index (χ1v) is 7.57. The topological polar surface area (TPSA) is 90.7 Å². The van der Waals surface area contributed by atoms with Gasteiger partial charge >= 0.3 is 0 Å². The summed E-state index contributed by atoms with van der Waals surface area (Å²) in [6.45, 7) is 1.03. The van der Waals surface area contributed by atoms with Gasteiger partial charge < -0.3 is 20.5 Å². The molecule has 0 aliphatic carbocycles. The first-order chi connectivity index (χ1) is 10.6. The van der Waals surface area contributed by atoms with Crippen LogP contribution < -0.4 is 20.5 Å². The van der Waals surface area contributed by atoms with Gasteiger partial charge in [-0.15, -0.1) is 11.3 Å². The van der Waals surface area contributed by atoms with Crippen LogP contribution in [0.1, 0.15) is 15.2 Å². The van der Waals surface area contributed by atoms with Gasteiger partial charge in [-0.25, -0.2) is 0 Å². The van der Waals surface area contributed by atoms with Gasteiger partial charge in [0, 0.05) is 0 Å². The molecule has 0 saturated heterocycles. The number of nitrogens with two attached hydrogens (primary N) is 1. The van der Waals surface area contributed by atoms with E-state index in [1.165, 1.54) is 11.3 Å². The number of benzene rings is 1. The standard InChI is InChI=1S/C15H14N2O4S/c16-15(19)14-10(3-6-22-14)17-13(18)8-9-1-2-11-12(7-9)21-5-4-20-11/h1-3,6-7H,4-5,8H2,(H2,16,19)(H,17,18). The van der Waals surface area contributed by atoms with Crippen LogP contribution in [0.15, 0.2) is 29.6 Å². The summed E-state index contributed by atoms with van der Waals surface area (Å²) in [6, 6.07) is 7.05. The third-order valence-electron chi connectivity index (χ3n) is 3.13. The van der Waals surface area contributed by atoms with Crippen LogP contribution in [0.4, 0.5) is 5.69 Å². The van der Waals surface area contributed by atoms with E-state index in [2.05, 4.69) is 5.32 Å². The van der Waals surface area contributed by atoms with Gasteiger partial charge in [0.2, 0.25) is 5.91 Å². The summed E-state index contributed by atoms with van der Waals surface area (Å²) in [6.07, 6.45) is 0.171. The highest BCUT2D eigenvalue weighted by molar-refractivity contribution is 7.12. The Morgan fingerprint density at radius 2 is 1.95 bits per heavy atom. The predicted molar refractivity (Wildman–Crippen MR) is 82.6 cm³/mol. The van der Waals surface area contributed by atoms with Crippen molar-refractivity contribution in [2.45, 2.75) is 6.42 Å². The van der Waals surface area contributed by atoms with Crippen LogP contribution in [0.3, 0.4) is 0 Å². The number of anilines is 1. The average molecular weight is 318 g/mol. The number of ether oxygens (including phenoxy) is 2. The van der Waals surface area contributed by atoms with Crippen LogP contribution >= 0.6 is 11.3 Å². The second kappa shape index (κ2) is 6.07. The van der Waals surface area contributed by atoms with Crippen LogP contribution in [0.25, 0.3) is 0 Å². The molecule has 0 atom stereocenters. The minimum Gasteiger partial charge on any atom is -0.486 e. The molecule has 2 amide bonds. The van der Waals surface area contributed by atoms with E-state index in [-0.39, 0.29) is 12.3 Å². The summed E-state index contributed by atoms with van der Waals surface area (Å²) in [5.41, 5.74) is 6.50. The molecule has 0 unspecified atom stereocenters. The molecule has 114 valence electrons. The molecule has 0 fully saturated rings. The Morgan fingerprint density at radius 1 is 1.18 bits per heavy atom. The molecule has 1 aromatic heterocycles. The molecule has 7 heteroatoms. The van der Waals surface area contributed by atoms with E-state index in [9.17, 15) is 9.59 Å². The molecule has 3 N–H and O–H groups in total. The summed E-state index contributed by atoms with van der Waals surface area (Å²) < 4.78 is 10.9. The van der Waals surface area contributed by atoms with Crippen molar-refractivity contribution in [3.05, 3.63) is 40.1 Å². The zero-order valence-corrected chi connectivity index (χ0v) is 12.4. The lowest BCUT2D eigenvalue weighted by molar-refractivity contribution is -0.115. The van der Waals surface area contributed by atoms with Crippen molar-refractivity contribution >= 4 is 28.8 Å². The van der Waals surface area contributed by atoms with Crippen molar-refractivity contribution in [3.8, 4) is 11.5 Å². The number of nitrogens with one attached hydrogen (secondary N) is 1. The van der Waals surface area contributed by atoms with Crippen molar-refractivity contribution in [1.29, 1.82) is 0 Å². The van der Waals surface area contributed by atoms with E-state index in [0.717, 1.165) is 5.56 Å². The maximum Gasteiger partial charge on any atom is 0.260 e. The van der Waals surface area contributed by atoms with E-state index in [0.29, 0.717) is 35.3 Å². The number of thiophene rings is 1. The molecule has 0 radical (unpaired) electrons. The summed E-state index contributed by atoms with van der Waals surface area (Å²) in [5, 5.41) is 4.41. The smallest absolute Gasteiger partial charge is 0.260 e. The van der Waals surface area contributed by atoms with Gasteiger partial charge in [-0.1, -0.05) is 6.07 Å². The minimum atomic E-state index is -0.551. The summed E-state index contributed by atoms with van der Waals surface area (Å²) in [4.78, 5) is 23.7. The molecule has 0 spiro atoms. The quantitative estimate of drug-likeness (QED) is 0.899. The number of carbonyl (C=O) groups is 2. The van der Waals surface area contributed by atoms with Crippen LogP contribution in [0, 0.1) is 0 Å². The predicted octanol–water partition coefficient (Wildman–Crippen LogP) is 1.80. The molecule has 22 heavy (non-hydrogen) atoms. The molecule has 6 nitrogen and oxygen atoms in total. The second-order valence-corrected chi connectivity index (χ2v) is 5.65. The summed E-state index contributed by atoms with van der Waals surface area (Å²) in [5.74, 6) is 0.552. The van der Waals surface area contributed by atoms with E-state index in [1.54, 1.807) is 23.6 Å². The second-order valence-electron chi connectivity index (χ2n) is 4.73. The summed E-state index contributed by atoms with van der Waals surface area (Å²) in [7, 11) is 0. The van der Waals surface area contributed by atoms with E-state index >= 15 is 0 Å². The Kier molecular flexibility index (Phi) is 3.97. The Bertz CT molecular complexity index is 726. The number of hydrogen-bond donors (Lipinski definition) is 2. The van der Waals surface area contributed by atoms with E-state index < -0.39 is 5.91 Å². The van der Waals surface area contributed by atoms with Crippen molar-refractivity contribution in [3.63, 3.8) is 0 Å². The maximum atomic E-state index is 12.1. The number of carbonyl (C=O) groups excluding carboxylic acids is 2. The number of rotatable bonds is 4. The maximum absolute atomic E-state index is 12.1. The van der Waals surface area contributed by atoms with E-state index in [4.69, 9.17) is 15.2 Å². The third-order valence-corrected chi connectivity index (χ3v) is 4.06. The fraction of sp³-hybridized carbons (Fsp3) is 0.200. The Balaban J connectivity index is 1.69. The van der Waals surface area contributed by atoms with Crippen LogP contribution in [-0.4, -0.2) is 25.0 Å². The molecule has 3 rings (SSSR count). The SMILES string of the molecule is NC(=O)c1sccc1NC(=O)Cc1ccc2c(c1)OCCO2. The van der Waals surface area contributed by atoms with Crippen molar-refractivity contribution < 1.29 is 19.1 Å². The molecule has 2 aromatic rings. The molecule has 1 aromatic carbocycles. The molecule has 0 saturated carbocycles. The lowest BCUT2D eigenvalue weighted by Crippen LogP contribution is -2.18. The Morgan fingerprint density at radius 3 is 2.73 bits per heavy atom. The molecule has 1 aliphatic heterocycles. The molecular weight excluding hydrogens is 304 g/mol. The average Bonchev–Trinajstić information content (AvgIpc) is 2.95. The Labute approximate surface area is 130 Å². The summed E-state index contributed by atoms with van der Waals surface area (Å²) >= 11 is 1.20. The van der Waals surface area contributed by atoms with Gasteiger partial charge in [0.25, 0.3) is 5.91 Å². The van der Waals surface area contributed by atoms with Crippen molar-refractivity contribution in [2.24, 2.45) is 5.73 Å². The van der Waals surface area contributed by atoms with Crippen LogP contribution in [0.5, 0.6) is 11.5 Å². The minimum absolute atomic E-state index is 0.171. The van der Waals surface area contributed by atoms with Crippen LogP contribution in [0.2, 0.25) is 0 Å². The number of primary amides is 1. The fourth-order valence-corrected chi connectivity index (χ4v) is 2.88. The van der Waals surface area contributed by atoms with Gasteiger partial charge in [-0.2, -0.15) is 0 Å². The lowest BCUT2D eigenvalue weighted by Gasteiger charge is -2.18. The fourth-order valence-electron chi connectivity index (χ4n) is 2.18. The highest BCUT2D eigenvalue weighted by Gasteiger charge is 2.15. The van der Waals surface area contributed by atoms with Crippen molar-refractivity contribution in [1.82, 2.24) is 0 Å². The van der Waals surface area contributed by atoms with Crippen molar-refractivity contribution in [2.75, 3.05) is 18.5 Å². The van der Waals surface area contributed by atoms with Gasteiger partial charge in [-0.3, -0.25) is 9.59 Å². The number of hydrogen-bond acceptors (Lipinski definition) is 5. The zero-order chi connectivity index (χ0) is 15.5. The molecule has 2 heterocycles. The third kappa shape index (κ3) is 3.04. The highest BCUT2D eigenvalue weighted by Crippen LogP contribution is 2.31. The Hall–Kier alpha value is -2.54. The normalized spacial score (nSPS) is 12.7. The van der Waals surface area contributed by atoms with Gasteiger partial charge in [0.15, 0.2) is 11.5 Å². The zero-order valence-electron chi connectivity index (χ0n) is 11.6. The molecular formula is C15H14N2O4S. The van der Waals surface area contributed by atoms with Gasteiger partial charge in [-0.05, 0) is 29.1 Å². The largest absolute Gasteiger partial charge is 0.486 e.